The van der Waals surface area contributed by atoms with Crippen LogP contribution in [0.5, 0.6) is 11.5 Å². The molecular formula is C24H25FN4O3. The number of benzene rings is 2. The molecule has 1 unspecified atom stereocenters. The molecular weight excluding hydrogens is 411 g/mol. The molecule has 1 fully saturated rings. The fourth-order valence-corrected chi connectivity index (χ4v) is 3.98. The number of ether oxygens (including phenoxy) is 1. The minimum Gasteiger partial charge on any atom is -0.457 e. The van der Waals surface area contributed by atoms with Crippen molar-refractivity contribution in [2.75, 3.05) is 5.32 Å². The number of amides is 1. The summed E-state index contributed by atoms with van der Waals surface area (Å²) in [5.74, 6) is 0.774. The van der Waals surface area contributed by atoms with Crippen LogP contribution in [0.15, 0.2) is 60.9 Å². The highest BCUT2D eigenvalue weighted by Gasteiger charge is 2.27. The molecule has 1 amide bonds. The summed E-state index contributed by atoms with van der Waals surface area (Å²) in [6.07, 6.45) is 7.04. The number of carbonyl (C=O) groups excluding carboxylic acids is 2. The number of nitrogens with zero attached hydrogens (tertiary/aromatic N) is 3. The van der Waals surface area contributed by atoms with Gasteiger partial charge in [-0.05, 0) is 74.2 Å². The molecule has 0 aliphatic heterocycles. The molecule has 1 aliphatic carbocycles. The smallest absolute Gasteiger partial charge is 0.227 e. The van der Waals surface area contributed by atoms with Crippen molar-refractivity contribution in [1.82, 2.24) is 15.0 Å². The number of nitrogens with one attached hydrogen (secondary N) is 1. The van der Waals surface area contributed by atoms with Gasteiger partial charge >= 0.3 is 0 Å². The van der Waals surface area contributed by atoms with Gasteiger partial charge in [0.1, 0.15) is 23.9 Å². The Hall–Kier alpha value is -3.55. The maximum absolute atomic E-state index is 13.0. The first-order chi connectivity index (χ1) is 15.6. The van der Waals surface area contributed by atoms with Crippen molar-refractivity contribution in [2.45, 2.75) is 38.6 Å². The van der Waals surface area contributed by atoms with E-state index in [1.807, 2.05) is 0 Å². The Bertz CT molecular complexity index is 1040. The van der Waals surface area contributed by atoms with Gasteiger partial charge in [0.2, 0.25) is 5.91 Å². The van der Waals surface area contributed by atoms with Gasteiger partial charge in [-0.1, -0.05) is 11.6 Å². The summed E-state index contributed by atoms with van der Waals surface area (Å²) < 4.78 is 20.2. The van der Waals surface area contributed by atoms with E-state index < -0.39 is 0 Å². The van der Waals surface area contributed by atoms with Crippen LogP contribution in [0.4, 0.5) is 10.1 Å². The zero-order valence-electron chi connectivity index (χ0n) is 17.6. The second-order valence-corrected chi connectivity index (χ2v) is 8.04. The van der Waals surface area contributed by atoms with Crippen LogP contribution in [0.25, 0.3) is 0 Å². The molecule has 7 nitrogen and oxygen atoms in total. The predicted molar refractivity (Wildman–Crippen MR) is 117 cm³/mol. The summed E-state index contributed by atoms with van der Waals surface area (Å²) in [5.41, 5.74) is 0.685. The molecule has 1 aromatic heterocycles. The number of hydrogen-bond acceptors (Lipinski definition) is 5. The van der Waals surface area contributed by atoms with Crippen molar-refractivity contribution in [3.63, 3.8) is 0 Å². The Balaban J connectivity index is 1.28. The zero-order chi connectivity index (χ0) is 22.3. The van der Waals surface area contributed by atoms with Crippen LogP contribution < -0.4 is 10.1 Å². The van der Waals surface area contributed by atoms with Crippen molar-refractivity contribution in [1.29, 1.82) is 0 Å². The average molecular weight is 436 g/mol. The number of hydrogen-bond donors (Lipinski definition) is 1. The summed E-state index contributed by atoms with van der Waals surface area (Å²) in [6, 6.07) is 12.8. The monoisotopic (exact) mass is 436 g/mol. The van der Waals surface area contributed by atoms with Crippen molar-refractivity contribution >= 4 is 17.4 Å². The van der Waals surface area contributed by atoms with E-state index in [0.29, 0.717) is 30.0 Å². The first kappa shape index (κ1) is 21.7. The van der Waals surface area contributed by atoms with Gasteiger partial charge in [0, 0.05) is 23.7 Å². The van der Waals surface area contributed by atoms with Crippen molar-refractivity contribution in [3.8, 4) is 11.5 Å². The standard InChI is InChI=1S/C24H25FN4O3/c25-19-6-10-21(11-7-19)32-22-12-8-20(9-13-22)27-24(31)18-3-1-2-17(4-5-18)23(30)16-29-15-14-26-28-29/h6-15,17-18H,1-5,16H2,(H,27,31)/t17?,18-/m1/s1. The van der Waals surface area contributed by atoms with Gasteiger partial charge in [-0.25, -0.2) is 9.07 Å². The molecule has 166 valence electrons. The third kappa shape index (κ3) is 5.78. The Morgan fingerprint density at radius 1 is 0.969 bits per heavy atom. The average Bonchev–Trinajstić information content (AvgIpc) is 3.17. The largest absolute Gasteiger partial charge is 0.457 e. The van der Waals surface area contributed by atoms with E-state index in [0.717, 1.165) is 19.3 Å². The Morgan fingerprint density at radius 2 is 1.62 bits per heavy atom. The molecule has 0 saturated heterocycles. The van der Waals surface area contributed by atoms with Gasteiger partial charge in [-0.15, -0.1) is 5.10 Å². The molecule has 1 saturated carbocycles. The van der Waals surface area contributed by atoms with E-state index in [9.17, 15) is 14.0 Å². The number of Topliss-reactive ketones (excluding diaryl/α,β-unsaturated/α-hetero) is 1. The van der Waals surface area contributed by atoms with Gasteiger partial charge in [0.15, 0.2) is 5.78 Å². The van der Waals surface area contributed by atoms with E-state index in [4.69, 9.17) is 4.74 Å². The molecule has 0 radical (unpaired) electrons. The zero-order valence-corrected chi connectivity index (χ0v) is 17.6. The van der Waals surface area contributed by atoms with Crippen molar-refractivity contribution in [3.05, 3.63) is 66.7 Å². The van der Waals surface area contributed by atoms with E-state index in [2.05, 4.69) is 15.6 Å². The van der Waals surface area contributed by atoms with E-state index >= 15 is 0 Å². The topological polar surface area (TPSA) is 86.1 Å². The Morgan fingerprint density at radius 3 is 2.31 bits per heavy atom. The van der Waals surface area contributed by atoms with Gasteiger partial charge < -0.3 is 10.1 Å². The predicted octanol–water partition coefficient (Wildman–Crippen LogP) is 4.61. The lowest BCUT2D eigenvalue weighted by Gasteiger charge is -2.15. The van der Waals surface area contributed by atoms with Crippen LogP contribution in [0.2, 0.25) is 0 Å². The molecule has 2 atom stereocenters. The van der Waals surface area contributed by atoms with Crippen molar-refractivity contribution in [2.24, 2.45) is 11.8 Å². The second kappa shape index (κ2) is 10.2. The van der Waals surface area contributed by atoms with Gasteiger partial charge in [-0.3, -0.25) is 9.59 Å². The maximum Gasteiger partial charge on any atom is 0.227 e. The molecule has 3 aromatic rings. The summed E-state index contributed by atoms with van der Waals surface area (Å²) in [6.45, 7) is 0.230. The van der Waals surface area contributed by atoms with Gasteiger partial charge in [-0.2, -0.15) is 0 Å². The highest BCUT2D eigenvalue weighted by Crippen LogP contribution is 2.30. The third-order valence-corrected chi connectivity index (χ3v) is 5.76. The molecule has 8 heteroatoms. The SMILES string of the molecule is O=C(Cn1ccnn1)C1CCC[C@@H](C(=O)Nc2ccc(Oc3ccc(F)cc3)cc2)CC1. The van der Waals surface area contributed by atoms with Crippen LogP contribution in [0.1, 0.15) is 32.1 Å². The summed E-state index contributed by atoms with van der Waals surface area (Å²) >= 11 is 0. The Labute approximate surface area is 185 Å². The first-order valence-corrected chi connectivity index (χ1v) is 10.8. The molecule has 1 heterocycles. The van der Waals surface area contributed by atoms with Crippen molar-refractivity contribution < 1.29 is 18.7 Å². The third-order valence-electron chi connectivity index (χ3n) is 5.76. The second-order valence-electron chi connectivity index (χ2n) is 8.04. The molecule has 2 aromatic carbocycles. The first-order valence-electron chi connectivity index (χ1n) is 10.8. The highest BCUT2D eigenvalue weighted by molar-refractivity contribution is 5.92. The number of ketones is 1. The summed E-state index contributed by atoms with van der Waals surface area (Å²) in [5, 5.41) is 10.6. The molecule has 1 aliphatic rings. The van der Waals surface area contributed by atoms with Crippen LogP contribution >= 0.6 is 0 Å². The van der Waals surface area contributed by atoms with E-state index in [-0.39, 0.29) is 35.9 Å². The lowest BCUT2D eigenvalue weighted by Crippen LogP contribution is -2.23. The molecule has 1 N–H and O–H groups in total. The Kier molecular flexibility index (Phi) is 6.89. The highest BCUT2D eigenvalue weighted by atomic mass is 19.1. The summed E-state index contributed by atoms with van der Waals surface area (Å²) in [4.78, 5) is 25.3. The van der Waals surface area contributed by atoms with Crippen LogP contribution in [-0.4, -0.2) is 26.7 Å². The number of rotatable bonds is 7. The van der Waals surface area contributed by atoms with E-state index in [1.54, 1.807) is 53.5 Å². The fraction of sp³-hybridized carbons (Fsp3) is 0.333. The van der Waals surface area contributed by atoms with Crippen LogP contribution in [0, 0.1) is 17.7 Å². The summed E-state index contributed by atoms with van der Waals surface area (Å²) in [7, 11) is 0. The minimum atomic E-state index is -0.320. The van der Waals surface area contributed by atoms with Gasteiger partial charge in [0.05, 0.1) is 6.20 Å². The van der Waals surface area contributed by atoms with E-state index in [1.165, 1.54) is 12.1 Å². The normalized spacial score (nSPS) is 18.5. The number of halogens is 1. The minimum absolute atomic E-state index is 0.0263. The molecule has 4 rings (SSSR count). The fourth-order valence-electron chi connectivity index (χ4n) is 3.98. The molecule has 32 heavy (non-hydrogen) atoms. The lowest BCUT2D eigenvalue weighted by atomic mass is 9.94. The van der Waals surface area contributed by atoms with Crippen LogP contribution in [0.3, 0.4) is 0 Å². The van der Waals surface area contributed by atoms with Gasteiger partial charge in [0.25, 0.3) is 0 Å². The number of anilines is 1. The molecule has 0 bridgehead atoms. The lowest BCUT2D eigenvalue weighted by molar-refractivity contribution is -0.124. The molecule has 0 spiro atoms. The van der Waals surface area contributed by atoms with Crippen LogP contribution in [-0.2, 0) is 16.1 Å². The quantitative estimate of drug-likeness (QED) is 0.547. The maximum atomic E-state index is 13.0. The number of aromatic nitrogens is 3. The number of carbonyl (C=O) groups is 2.